The first-order chi connectivity index (χ1) is 10.7. The third-order valence-corrected chi connectivity index (χ3v) is 4.16. The molecular formula is C16H16BrN5. The van der Waals surface area contributed by atoms with Gasteiger partial charge in [0.15, 0.2) is 0 Å². The lowest BCUT2D eigenvalue weighted by Gasteiger charge is -2.34. The first-order valence-electron chi connectivity index (χ1n) is 7.18. The zero-order valence-corrected chi connectivity index (χ0v) is 13.7. The summed E-state index contributed by atoms with van der Waals surface area (Å²) in [5.74, 6) is 0.793. The first-order valence-corrected chi connectivity index (χ1v) is 7.98. The maximum absolute atomic E-state index is 8.82. The standard InChI is InChI=1S/C16H16BrN5/c17-15-10-19-16(20-11-15)22-7-5-21(6-8-22)12-14-3-1-13(9-18)2-4-14/h1-4,10-11H,5-8,12H2. The molecule has 0 spiro atoms. The van der Waals surface area contributed by atoms with Gasteiger partial charge >= 0.3 is 0 Å². The van der Waals surface area contributed by atoms with Gasteiger partial charge in [-0.1, -0.05) is 12.1 Å². The van der Waals surface area contributed by atoms with Crippen LogP contribution in [0.15, 0.2) is 41.1 Å². The van der Waals surface area contributed by atoms with Crippen LogP contribution >= 0.6 is 15.9 Å². The fourth-order valence-electron chi connectivity index (χ4n) is 2.52. The largest absolute Gasteiger partial charge is 0.338 e. The summed E-state index contributed by atoms with van der Waals surface area (Å²) in [4.78, 5) is 13.3. The molecule has 1 aromatic carbocycles. The van der Waals surface area contributed by atoms with E-state index in [1.54, 1.807) is 12.4 Å². The average molecular weight is 358 g/mol. The van der Waals surface area contributed by atoms with Gasteiger partial charge in [-0.15, -0.1) is 0 Å². The number of piperazine rings is 1. The highest BCUT2D eigenvalue weighted by Crippen LogP contribution is 2.15. The molecule has 0 saturated carbocycles. The highest BCUT2D eigenvalue weighted by molar-refractivity contribution is 9.10. The molecule has 0 aliphatic carbocycles. The van der Waals surface area contributed by atoms with E-state index in [-0.39, 0.29) is 0 Å². The monoisotopic (exact) mass is 357 g/mol. The molecule has 1 fully saturated rings. The highest BCUT2D eigenvalue weighted by atomic mass is 79.9. The van der Waals surface area contributed by atoms with Crippen LogP contribution in [0.2, 0.25) is 0 Å². The van der Waals surface area contributed by atoms with Crippen LogP contribution in [0, 0.1) is 11.3 Å². The summed E-state index contributed by atoms with van der Waals surface area (Å²) in [5.41, 5.74) is 1.95. The molecule has 22 heavy (non-hydrogen) atoms. The molecule has 6 heteroatoms. The molecule has 1 aliphatic heterocycles. The lowest BCUT2D eigenvalue weighted by Crippen LogP contribution is -2.46. The van der Waals surface area contributed by atoms with Gasteiger partial charge in [0.2, 0.25) is 5.95 Å². The van der Waals surface area contributed by atoms with Crippen molar-refractivity contribution in [2.45, 2.75) is 6.54 Å². The molecule has 3 rings (SSSR count). The number of hydrogen-bond acceptors (Lipinski definition) is 5. The highest BCUT2D eigenvalue weighted by Gasteiger charge is 2.18. The number of halogens is 1. The predicted molar refractivity (Wildman–Crippen MR) is 88.4 cm³/mol. The molecule has 2 heterocycles. The van der Waals surface area contributed by atoms with Crippen LogP contribution in [-0.2, 0) is 6.54 Å². The number of aromatic nitrogens is 2. The van der Waals surface area contributed by atoms with E-state index in [1.165, 1.54) is 5.56 Å². The Labute approximate surface area is 138 Å². The quantitative estimate of drug-likeness (QED) is 0.844. The maximum atomic E-state index is 8.82. The van der Waals surface area contributed by atoms with E-state index in [9.17, 15) is 0 Å². The number of nitriles is 1. The van der Waals surface area contributed by atoms with E-state index in [1.807, 2.05) is 24.3 Å². The molecule has 0 atom stereocenters. The van der Waals surface area contributed by atoms with Gasteiger partial charge in [0.25, 0.3) is 0 Å². The first kappa shape index (κ1) is 14.9. The average Bonchev–Trinajstić information content (AvgIpc) is 2.57. The molecular weight excluding hydrogens is 342 g/mol. The second-order valence-electron chi connectivity index (χ2n) is 5.27. The van der Waals surface area contributed by atoms with Crippen molar-refractivity contribution in [2.24, 2.45) is 0 Å². The molecule has 1 saturated heterocycles. The van der Waals surface area contributed by atoms with Crippen molar-refractivity contribution >= 4 is 21.9 Å². The van der Waals surface area contributed by atoms with E-state index in [4.69, 9.17) is 5.26 Å². The van der Waals surface area contributed by atoms with Crippen LogP contribution in [0.5, 0.6) is 0 Å². The van der Waals surface area contributed by atoms with Crippen LogP contribution in [0.1, 0.15) is 11.1 Å². The van der Waals surface area contributed by atoms with Gasteiger partial charge in [-0.2, -0.15) is 5.26 Å². The third-order valence-electron chi connectivity index (χ3n) is 3.75. The molecule has 112 valence electrons. The molecule has 0 radical (unpaired) electrons. The molecule has 0 unspecified atom stereocenters. The van der Waals surface area contributed by atoms with Gasteiger partial charge in [0.05, 0.1) is 16.1 Å². The Morgan fingerprint density at radius 2 is 1.68 bits per heavy atom. The molecule has 0 bridgehead atoms. The van der Waals surface area contributed by atoms with Crippen LogP contribution < -0.4 is 4.90 Å². The van der Waals surface area contributed by atoms with E-state index in [2.05, 4.69) is 41.8 Å². The summed E-state index contributed by atoms with van der Waals surface area (Å²) in [7, 11) is 0. The van der Waals surface area contributed by atoms with Gasteiger partial charge in [0, 0.05) is 45.1 Å². The number of rotatable bonds is 3. The second-order valence-corrected chi connectivity index (χ2v) is 6.19. The van der Waals surface area contributed by atoms with Gasteiger partial charge in [-0.25, -0.2) is 9.97 Å². The number of benzene rings is 1. The van der Waals surface area contributed by atoms with Gasteiger partial charge in [0.1, 0.15) is 0 Å². The van der Waals surface area contributed by atoms with Crippen molar-refractivity contribution in [2.75, 3.05) is 31.1 Å². The topological polar surface area (TPSA) is 56.1 Å². The maximum Gasteiger partial charge on any atom is 0.225 e. The molecule has 1 aromatic heterocycles. The summed E-state index contributed by atoms with van der Waals surface area (Å²) in [6.45, 7) is 4.75. The van der Waals surface area contributed by atoms with E-state index < -0.39 is 0 Å². The van der Waals surface area contributed by atoms with Crippen LogP contribution in [0.4, 0.5) is 5.95 Å². The zero-order valence-electron chi connectivity index (χ0n) is 12.1. The number of anilines is 1. The lowest BCUT2D eigenvalue weighted by molar-refractivity contribution is 0.248. The second kappa shape index (κ2) is 6.86. The third kappa shape index (κ3) is 3.62. The van der Waals surface area contributed by atoms with Crippen molar-refractivity contribution in [3.05, 3.63) is 52.3 Å². The van der Waals surface area contributed by atoms with Crippen molar-refractivity contribution < 1.29 is 0 Å². The Balaban J connectivity index is 1.55. The molecule has 5 nitrogen and oxygen atoms in total. The molecule has 2 aromatic rings. The summed E-state index contributed by atoms with van der Waals surface area (Å²) in [6, 6.07) is 9.96. The minimum atomic E-state index is 0.709. The van der Waals surface area contributed by atoms with E-state index in [0.29, 0.717) is 5.56 Å². The summed E-state index contributed by atoms with van der Waals surface area (Å²) in [5, 5.41) is 8.82. The summed E-state index contributed by atoms with van der Waals surface area (Å²) < 4.78 is 0.899. The summed E-state index contributed by atoms with van der Waals surface area (Å²) >= 11 is 3.35. The molecule has 0 amide bonds. The molecule has 1 aliphatic rings. The minimum Gasteiger partial charge on any atom is -0.338 e. The van der Waals surface area contributed by atoms with Crippen LogP contribution in [0.3, 0.4) is 0 Å². The van der Waals surface area contributed by atoms with Crippen molar-refractivity contribution in [3.8, 4) is 6.07 Å². The number of nitrogens with zero attached hydrogens (tertiary/aromatic N) is 5. The normalized spacial score (nSPS) is 15.5. The smallest absolute Gasteiger partial charge is 0.225 e. The number of hydrogen-bond donors (Lipinski definition) is 0. The van der Waals surface area contributed by atoms with Crippen molar-refractivity contribution in [3.63, 3.8) is 0 Å². The minimum absolute atomic E-state index is 0.709. The lowest BCUT2D eigenvalue weighted by atomic mass is 10.1. The SMILES string of the molecule is N#Cc1ccc(CN2CCN(c3ncc(Br)cn3)CC2)cc1. The van der Waals surface area contributed by atoms with Crippen molar-refractivity contribution in [1.82, 2.24) is 14.9 Å². The Morgan fingerprint density at radius 3 is 2.27 bits per heavy atom. The van der Waals surface area contributed by atoms with Crippen LogP contribution in [0.25, 0.3) is 0 Å². The van der Waals surface area contributed by atoms with E-state index in [0.717, 1.165) is 43.1 Å². The fourth-order valence-corrected chi connectivity index (χ4v) is 2.72. The Bertz CT molecular complexity index is 654. The van der Waals surface area contributed by atoms with Gasteiger partial charge in [-0.3, -0.25) is 4.90 Å². The van der Waals surface area contributed by atoms with Gasteiger partial charge in [-0.05, 0) is 33.6 Å². The van der Waals surface area contributed by atoms with Gasteiger partial charge < -0.3 is 4.90 Å². The van der Waals surface area contributed by atoms with Crippen molar-refractivity contribution in [1.29, 1.82) is 5.26 Å². The van der Waals surface area contributed by atoms with E-state index >= 15 is 0 Å². The Kier molecular flexibility index (Phi) is 4.66. The fraction of sp³-hybridized carbons (Fsp3) is 0.312. The predicted octanol–water partition coefficient (Wildman–Crippen LogP) is 2.43. The summed E-state index contributed by atoms with van der Waals surface area (Å²) in [6.07, 6.45) is 3.57. The molecule has 0 N–H and O–H groups in total. The Hall–Kier alpha value is -1.97. The Morgan fingerprint density at radius 1 is 1.05 bits per heavy atom. The zero-order chi connectivity index (χ0) is 15.4. The van der Waals surface area contributed by atoms with Crippen LogP contribution in [-0.4, -0.2) is 41.0 Å².